The summed E-state index contributed by atoms with van der Waals surface area (Å²) in [7, 11) is -3.82. The number of nitrogens with one attached hydrogen (secondary N) is 2. The third kappa shape index (κ3) is 7.30. The van der Waals surface area contributed by atoms with E-state index in [1.54, 1.807) is 0 Å². The van der Waals surface area contributed by atoms with Gasteiger partial charge in [0.1, 0.15) is 11.6 Å². The third-order valence-electron chi connectivity index (χ3n) is 4.22. The zero-order valence-electron chi connectivity index (χ0n) is 17.9. The monoisotopic (exact) mass is 458 g/mol. The van der Waals surface area contributed by atoms with Gasteiger partial charge < -0.3 is 20.1 Å². The number of ether oxygens (including phenoxy) is 2. The maximum Gasteiger partial charge on any atom is 0.267 e. The molecule has 0 aliphatic carbocycles. The SMILES string of the molecule is CCOc1ccc(CCN/C=C(/C#N)C(=O)Nc2ccc(S(N)(=O)=O)cc2)cc1OCC. The summed E-state index contributed by atoms with van der Waals surface area (Å²) in [5.41, 5.74) is 1.22. The molecule has 2 aromatic rings. The van der Waals surface area contributed by atoms with Crippen LogP contribution in [0.25, 0.3) is 0 Å². The molecular weight excluding hydrogens is 432 g/mol. The van der Waals surface area contributed by atoms with E-state index in [0.29, 0.717) is 43.4 Å². The smallest absolute Gasteiger partial charge is 0.267 e. The molecule has 0 bridgehead atoms. The fraction of sp³-hybridized carbons (Fsp3) is 0.273. The lowest BCUT2D eigenvalue weighted by Gasteiger charge is -2.12. The summed E-state index contributed by atoms with van der Waals surface area (Å²) >= 11 is 0. The Morgan fingerprint density at radius 1 is 1.09 bits per heavy atom. The topological polar surface area (TPSA) is 144 Å². The Labute approximate surface area is 187 Å². The Bertz CT molecular complexity index is 1110. The lowest BCUT2D eigenvalue weighted by molar-refractivity contribution is -0.112. The first kappa shape index (κ1) is 24.7. The van der Waals surface area contributed by atoms with Crippen molar-refractivity contribution in [3.8, 4) is 17.6 Å². The number of nitrogens with zero attached hydrogens (tertiary/aromatic N) is 1. The minimum absolute atomic E-state index is 0.0741. The van der Waals surface area contributed by atoms with E-state index in [0.717, 1.165) is 5.56 Å². The van der Waals surface area contributed by atoms with Crippen LogP contribution in [0.2, 0.25) is 0 Å². The Morgan fingerprint density at radius 2 is 1.75 bits per heavy atom. The van der Waals surface area contributed by atoms with Crippen LogP contribution >= 0.6 is 0 Å². The van der Waals surface area contributed by atoms with E-state index in [-0.39, 0.29) is 10.5 Å². The Balaban J connectivity index is 1.94. The van der Waals surface area contributed by atoms with Crippen LogP contribution in [0.1, 0.15) is 19.4 Å². The number of rotatable bonds is 11. The highest BCUT2D eigenvalue weighted by atomic mass is 32.2. The normalized spacial score (nSPS) is 11.4. The van der Waals surface area contributed by atoms with E-state index in [2.05, 4.69) is 10.6 Å². The zero-order valence-corrected chi connectivity index (χ0v) is 18.7. The maximum absolute atomic E-state index is 12.3. The highest BCUT2D eigenvalue weighted by Gasteiger charge is 2.11. The second kappa shape index (κ2) is 11.7. The summed E-state index contributed by atoms with van der Waals surface area (Å²) in [4.78, 5) is 12.2. The molecule has 0 aliphatic rings. The molecule has 0 unspecified atom stereocenters. The van der Waals surface area contributed by atoms with Crippen LogP contribution in [-0.4, -0.2) is 34.1 Å². The van der Waals surface area contributed by atoms with Crippen molar-refractivity contribution in [1.82, 2.24) is 5.32 Å². The number of benzene rings is 2. The lowest BCUT2D eigenvalue weighted by atomic mass is 10.1. The molecule has 0 saturated heterocycles. The predicted octanol–water partition coefficient (Wildman–Crippen LogP) is 2.31. The Kier molecular flexibility index (Phi) is 9.07. The minimum atomic E-state index is -3.82. The van der Waals surface area contributed by atoms with Crippen molar-refractivity contribution < 1.29 is 22.7 Å². The van der Waals surface area contributed by atoms with Gasteiger partial charge >= 0.3 is 0 Å². The van der Waals surface area contributed by atoms with Crippen molar-refractivity contribution in [2.75, 3.05) is 25.1 Å². The summed E-state index contributed by atoms with van der Waals surface area (Å²) in [5.74, 6) is 0.738. The molecule has 0 heterocycles. The zero-order chi connectivity index (χ0) is 23.6. The van der Waals surface area contributed by atoms with E-state index < -0.39 is 15.9 Å². The number of carbonyl (C=O) groups excluding carboxylic acids is 1. The van der Waals surface area contributed by atoms with Crippen LogP contribution in [0.4, 0.5) is 5.69 Å². The average Bonchev–Trinajstić information content (AvgIpc) is 2.75. The van der Waals surface area contributed by atoms with Crippen LogP contribution in [0, 0.1) is 11.3 Å². The molecule has 0 radical (unpaired) electrons. The van der Waals surface area contributed by atoms with Crippen LogP contribution in [0.3, 0.4) is 0 Å². The first-order valence-electron chi connectivity index (χ1n) is 9.94. The summed E-state index contributed by atoms with van der Waals surface area (Å²) in [6, 6.07) is 12.9. The van der Waals surface area contributed by atoms with Gasteiger partial charge in [0, 0.05) is 18.4 Å². The molecule has 2 rings (SSSR count). The van der Waals surface area contributed by atoms with E-state index >= 15 is 0 Å². The highest BCUT2D eigenvalue weighted by Crippen LogP contribution is 2.28. The lowest BCUT2D eigenvalue weighted by Crippen LogP contribution is -2.18. The Morgan fingerprint density at radius 3 is 2.34 bits per heavy atom. The summed E-state index contributed by atoms with van der Waals surface area (Å²) in [5, 5.41) is 19.8. The highest BCUT2D eigenvalue weighted by molar-refractivity contribution is 7.89. The number of hydrogen-bond donors (Lipinski definition) is 3. The van der Waals surface area contributed by atoms with Crippen LogP contribution in [0.5, 0.6) is 11.5 Å². The average molecular weight is 459 g/mol. The fourth-order valence-corrected chi connectivity index (χ4v) is 3.23. The van der Waals surface area contributed by atoms with Gasteiger partial charge in [-0.05, 0) is 62.2 Å². The molecule has 0 aliphatic heterocycles. The summed E-state index contributed by atoms with van der Waals surface area (Å²) in [6.45, 7) is 5.36. The fourth-order valence-electron chi connectivity index (χ4n) is 2.72. The third-order valence-corrected chi connectivity index (χ3v) is 5.15. The first-order valence-corrected chi connectivity index (χ1v) is 11.5. The maximum atomic E-state index is 12.3. The number of hydrogen-bond acceptors (Lipinski definition) is 7. The van der Waals surface area contributed by atoms with Gasteiger partial charge in [-0.3, -0.25) is 4.79 Å². The van der Waals surface area contributed by atoms with Gasteiger partial charge in [-0.25, -0.2) is 13.6 Å². The molecule has 4 N–H and O–H groups in total. The second-order valence-electron chi connectivity index (χ2n) is 6.54. The summed E-state index contributed by atoms with van der Waals surface area (Å²) in [6.07, 6.45) is 1.98. The second-order valence-corrected chi connectivity index (χ2v) is 8.11. The number of carbonyl (C=O) groups is 1. The molecule has 9 nitrogen and oxygen atoms in total. The molecule has 32 heavy (non-hydrogen) atoms. The predicted molar refractivity (Wildman–Crippen MR) is 121 cm³/mol. The number of sulfonamides is 1. The van der Waals surface area contributed by atoms with Crippen molar-refractivity contribution in [2.24, 2.45) is 5.14 Å². The number of nitrogens with two attached hydrogens (primary N) is 1. The van der Waals surface area contributed by atoms with E-state index in [9.17, 15) is 18.5 Å². The molecule has 0 aromatic heterocycles. The molecule has 0 spiro atoms. The van der Waals surface area contributed by atoms with Crippen molar-refractivity contribution in [3.63, 3.8) is 0 Å². The largest absolute Gasteiger partial charge is 0.490 e. The molecule has 2 aromatic carbocycles. The summed E-state index contributed by atoms with van der Waals surface area (Å²) < 4.78 is 33.7. The molecule has 0 atom stereocenters. The number of primary sulfonamides is 1. The molecule has 0 saturated carbocycles. The van der Waals surface area contributed by atoms with E-state index in [1.807, 2.05) is 38.1 Å². The van der Waals surface area contributed by atoms with Gasteiger partial charge in [-0.15, -0.1) is 0 Å². The molecule has 1 amide bonds. The van der Waals surface area contributed by atoms with Crippen molar-refractivity contribution in [2.45, 2.75) is 25.2 Å². The molecular formula is C22H26N4O5S. The van der Waals surface area contributed by atoms with Gasteiger partial charge in [0.05, 0.1) is 18.1 Å². The number of nitriles is 1. The molecule has 170 valence electrons. The van der Waals surface area contributed by atoms with E-state index in [4.69, 9.17) is 14.6 Å². The standard InChI is InChI=1S/C22H26N4O5S/c1-3-30-20-10-5-16(13-21(20)31-4-2)11-12-25-15-17(14-23)22(27)26-18-6-8-19(9-7-18)32(24,28)29/h5-10,13,15,25H,3-4,11-12H2,1-2H3,(H,26,27)(H2,24,28,29)/b17-15-. The van der Waals surface area contributed by atoms with E-state index in [1.165, 1.54) is 30.5 Å². The van der Waals surface area contributed by atoms with Crippen molar-refractivity contribution >= 4 is 21.6 Å². The van der Waals surface area contributed by atoms with Gasteiger partial charge in [-0.1, -0.05) is 6.07 Å². The number of anilines is 1. The van der Waals surface area contributed by atoms with Crippen molar-refractivity contribution in [3.05, 3.63) is 59.8 Å². The van der Waals surface area contributed by atoms with Crippen LogP contribution < -0.4 is 25.2 Å². The number of amides is 1. The first-order chi connectivity index (χ1) is 15.3. The van der Waals surface area contributed by atoms with Crippen LogP contribution in [-0.2, 0) is 21.2 Å². The van der Waals surface area contributed by atoms with Gasteiger partial charge in [0.2, 0.25) is 10.0 Å². The molecule has 0 fully saturated rings. The molecule has 10 heteroatoms. The van der Waals surface area contributed by atoms with Gasteiger partial charge in [-0.2, -0.15) is 5.26 Å². The van der Waals surface area contributed by atoms with Gasteiger partial charge in [0.15, 0.2) is 11.5 Å². The minimum Gasteiger partial charge on any atom is -0.490 e. The van der Waals surface area contributed by atoms with Crippen molar-refractivity contribution in [1.29, 1.82) is 5.26 Å². The van der Waals surface area contributed by atoms with Gasteiger partial charge in [0.25, 0.3) is 5.91 Å². The quantitative estimate of drug-likeness (QED) is 0.266. The Hall–Kier alpha value is -3.55. The van der Waals surface area contributed by atoms with Crippen LogP contribution in [0.15, 0.2) is 59.1 Å².